The molecule has 0 aliphatic rings. The van der Waals surface area contributed by atoms with E-state index in [0.717, 1.165) is 39.4 Å². The zero-order valence-corrected chi connectivity index (χ0v) is 20.0. The molecule has 0 saturated heterocycles. The van der Waals surface area contributed by atoms with Gasteiger partial charge >= 0.3 is 0 Å². The van der Waals surface area contributed by atoms with E-state index in [4.69, 9.17) is 9.47 Å². The van der Waals surface area contributed by atoms with Crippen molar-refractivity contribution in [1.82, 2.24) is 9.78 Å². The Morgan fingerprint density at radius 3 is 2.47 bits per heavy atom. The van der Waals surface area contributed by atoms with Crippen LogP contribution in [-0.2, 0) is 19.1 Å². The van der Waals surface area contributed by atoms with E-state index in [1.807, 2.05) is 38.2 Å². The van der Waals surface area contributed by atoms with E-state index in [1.54, 1.807) is 24.1 Å². The lowest BCUT2D eigenvalue weighted by molar-refractivity contribution is 0.104. The summed E-state index contributed by atoms with van der Waals surface area (Å²) in [4.78, 5) is 12.5. The average Bonchev–Trinajstić information content (AvgIpc) is 3.08. The van der Waals surface area contributed by atoms with Crippen LogP contribution in [0.25, 0.3) is 6.08 Å². The number of carbonyl (C=O) groups is 1. The molecule has 0 aliphatic heterocycles. The van der Waals surface area contributed by atoms with Gasteiger partial charge in [-0.25, -0.2) is 0 Å². The van der Waals surface area contributed by atoms with Crippen LogP contribution < -0.4 is 9.47 Å². The highest BCUT2D eigenvalue weighted by Crippen LogP contribution is 2.33. The van der Waals surface area contributed by atoms with Crippen molar-refractivity contribution in [2.24, 2.45) is 7.05 Å². The fourth-order valence-corrected chi connectivity index (χ4v) is 3.54. The van der Waals surface area contributed by atoms with Crippen molar-refractivity contribution in [3.63, 3.8) is 0 Å². The Labute approximate surface area is 190 Å². The Morgan fingerprint density at radius 2 is 1.84 bits per heavy atom. The number of aromatic nitrogens is 2. The summed E-state index contributed by atoms with van der Waals surface area (Å²) in [6.07, 6.45) is 4.99. The molecule has 5 heteroatoms. The van der Waals surface area contributed by atoms with Crippen molar-refractivity contribution < 1.29 is 14.3 Å². The maximum Gasteiger partial charge on any atom is 0.189 e. The summed E-state index contributed by atoms with van der Waals surface area (Å²) in [5.41, 5.74) is 5.56. The molecular formula is C27H32N2O3. The molecule has 0 unspecified atom stereocenters. The van der Waals surface area contributed by atoms with Crippen molar-refractivity contribution in [2.45, 2.75) is 46.6 Å². The summed E-state index contributed by atoms with van der Waals surface area (Å²) in [6, 6.07) is 12.1. The van der Waals surface area contributed by atoms with E-state index in [-0.39, 0.29) is 11.2 Å². The van der Waals surface area contributed by atoms with Gasteiger partial charge in [-0.1, -0.05) is 45.0 Å². The van der Waals surface area contributed by atoms with E-state index >= 15 is 0 Å². The zero-order chi connectivity index (χ0) is 23.5. The van der Waals surface area contributed by atoms with E-state index in [9.17, 15) is 4.79 Å². The van der Waals surface area contributed by atoms with Gasteiger partial charge in [0.2, 0.25) is 0 Å². The van der Waals surface area contributed by atoms with E-state index in [1.165, 1.54) is 0 Å². The smallest absolute Gasteiger partial charge is 0.189 e. The van der Waals surface area contributed by atoms with Crippen LogP contribution in [0, 0.1) is 13.8 Å². The first-order chi connectivity index (χ1) is 15.1. The molecule has 0 saturated carbocycles. The fourth-order valence-electron chi connectivity index (χ4n) is 3.54. The van der Waals surface area contributed by atoms with Gasteiger partial charge in [-0.2, -0.15) is 5.10 Å². The predicted octanol–water partition coefficient (Wildman–Crippen LogP) is 5.82. The number of allylic oxidation sites excluding steroid dienone is 1. The number of ketones is 1. The summed E-state index contributed by atoms with van der Waals surface area (Å²) in [7, 11) is 3.47. The second-order valence-electron chi connectivity index (χ2n) is 9.07. The number of aryl methyl sites for hydroxylation is 2. The first kappa shape index (κ1) is 23.3. The molecule has 3 rings (SSSR count). The van der Waals surface area contributed by atoms with E-state index in [2.05, 4.69) is 51.0 Å². The van der Waals surface area contributed by atoms with Gasteiger partial charge in [0.05, 0.1) is 18.9 Å². The number of hydrogen-bond donors (Lipinski definition) is 0. The topological polar surface area (TPSA) is 53.3 Å². The highest BCUT2D eigenvalue weighted by atomic mass is 16.5. The summed E-state index contributed by atoms with van der Waals surface area (Å²) < 4.78 is 13.5. The molecule has 0 aliphatic carbocycles. The Balaban J connectivity index is 1.83. The van der Waals surface area contributed by atoms with E-state index in [0.29, 0.717) is 12.2 Å². The van der Waals surface area contributed by atoms with Crippen LogP contribution >= 0.6 is 0 Å². The Bertz CT molecular complexity index is 1150. The highest BCUT2D eigenvalue weighted by molar-refractivity contribution is 6.07. The summed E-state index contributed by atoms with van der Waals surface area (Å²) in [5.74, 6) is 1.56. The van der Waals surface area contributed by atoms with Crippen LogP contribution in [0.1, 0.15) is 59.1 Å². The minimum atomic E-state index is -0.0706. The van der Waals surface area contributed by atoms with Gasteiger partial charge in [-0.15, -0.1) is 0 Å². The zero-order valence-electron chi connectivity index (χ0n) is 20.0. The van der Waals surface area contributed by atoms with Gasteiger partial charge in [0.25, 0.3) is 0 Å². The third-order valence-corrected chi connectivity index (χ3v) is 5.56. The van der Waals surface area contributed by atoms with Crippen molar-refractivity contribution >= 4 is 11.9 Å². The van der Waals surface area contributed by atoms with Crippen molar-refractivity contribution in [1.29, 1.82) is 0 Å². The molecule has 1 heterocycles. The van der Waals surface area contributed by atoms with Crippen LogP contribution in [0.4, 0.5) is 0 Å². The lowest BCUT2D eigenvalue weighted by Crippen LogP contribution is -2.13. The van der Waals surface area contributed by atoms with Gasteiger partial charge in [0.1, 0.15) is 18.1 Å². The molecule has 32 heavy (non-hydrogen) atoms. The van der Waals surface area contributed by atoms with Gasteiger partial charge in [0.15, 0.2) is 5.78 Å². The molecule has 0 atom stereocenters. The van der Waals surface area contributed by atoms with Crippen LogP contribution in [0.15, 0.2) is 48.7 Å². The highest BCUT2D eigenvalue weighted by Gasteiger charge is 2.19. The molecule has 0 spiro atoms. The third kappa shape index (κ3) is 5.28. The third-order valence-electron chi connectivity index (χ3n) is 5.56. The summed E-state index contributed by atoms with van der Waals surface area (Å²) in [5, 5.41) is 4.14. The molecule has 0 amide bonds. The Morgan fingerprint density at radius 1 is 1.09 bits per heavy atom. The lowest BCUT2D eigenvalue weighted by Gasteiger charge is -2.23. The standard InChI is InChI=1S/C27H32N2O3/c1-18-8-11-23(27(3,4)5)26(14-18)32-17-21-15-20(10-13-25(21)31-7)9-12-24(30)22-16-28-29(6)19(22)2/h8-16H,17H2,1-7H3/b12-9+. The molecule has 0 radical (unpaired) electrons. The maximum absolute atomic E-state index is 12.5. The molecule has 3 aromatic rings. The van der Waals surface area contributed by atoms with Crippen LogP contribution in [0.5, 0.6) is 11.5 Å². The Kier molecular flexibility index (Phi) is 6.87. The second kappa shape index (κ2) is 9.43. The van der Waals surface area contributed by atoms with Gasteiger partial charge in [-0.05, 0) is 60.2 Å². The van der Waals surface area contributed by atoms with Gasteiger partial charge in [0, 0.05) is 18.3 Å². The van der Waals surface area contributed by atoms with Crippen molar-refractivity contribution in [2.75, 3.05) is 7.11 Å². The van der Waals surface area contributed by atoms with Crippen LogP contribution in [0.3, 0.4) is 0 Å². The minimum absolute atomic E-state index is 0.0253. The SMILES string of the molecule is COc1ccc(/C=C/C(=O)c2cnn(C)c2C)cc1COc1cc(C)ccc1C(C)(C)C. The van der Waals surface area contributed by atoms with Gasteiger partial charge in [-0.3, -0.25) is 9.48 Å². The van der Waals surface area contributed by atoms with Crippen LogP contribution in [0.2, 0.25) is 0 Å². The maximum atomic E-state index is 12.5. The predicted molar refractivity (Wildman–Crippen MR) is 129 cm³/mol. The number of carbonyl (C=O) groups excluding carboxylic acids is 1. The first-order valence-electron chi connectivity index (χ1n) is 10.7. The molecular weight excluding hydrogens is 400 g/mol. The Hall–Kier alpha value is -3.34. The number of benzene rings is 2. The molecule has 5 nitrogen and oxygen atoms in total. The molecule has 0 N–H and O–H groups in total. The van der Waals surface area contributed by atoms with Crippen LogP contribution in [-0.4, -0.2) is 22.7 Å². The molecule has 168 valence electrons. The summed E-state index contributed by atoms with van der Waals surface area (Å²) in [6.45, 7) is 10.8. The van der Waals surface area contributed by atoms with Crippen molar-refractivity contribution in [3.8, 4) is 11.5 Å². The molecule has 0 fully saturated rings. The monoisotopic (exact) mass is 432 g/mol. The number of methoxy groups -OCH3 is 1. The quantitative estimate of drug-likeness (QED) is 0.349. The number of ether oxygens (including phenoxy) is 2. The molecule has 0 bridgehead atoms. The number of hydrogen-bond acceptors (Lipinski definition) is 4. The largest absolute Gasteiger partial charge is 0.496 e. The minimum Gasteiger partial charge on any atom is -0.496 e. The van der Waals surface area contributed by atoms with Gasteiger partial charge < -0.3 is 9.47 Å². The number of nitrogens with zero attached hydrogens (tertiary/aromatic N) is 2. The average molecular weight is 433 g/mol. The fraction of sp³-hybridized carbons (Fsp3) is 0.333. The van der Waals surface area contributed by atoms with Crippen molar-refractivity contribution in [3.05, 3.63) is 82.2 Å². The molecule has 1 aromatic heterocycles. The van der Waals surface area contributed by atoms with E-state index < -0.39 is 0 Å². The normalized spacial score (nSPS) is 11.7. The molecule has 2 aromatic carbocycles. The summed E-state index contributed by atoms with van der Waals surface area (Å²) >= 11 is 0. The lowest BCUT2D eigenvalue weighted by atomic mass is 9.86. The number of rotatable bonds is 7. The first-order valence-corrected chi connectivity index (χ1v) is 10.7. The second-order valence-corrected chi connectivity index (χ2v) is 9.07.